The van der Waals surface area contributed by atoms with E-state index in [-0.39, 0.29) is 37.3 Å². The summed E-state index contributed by atoms with van der Waals surface area (Å²) in [5.41, 5.74) is 5.61. The Morgan fingerprint density at radius 2 is 2.10 bits per heavy atom. The maximum atomic E-state index is 11.9. The first-order valence-electron chi connectivity index (χ1n) is 6.00. The maximum absolute atomic E-state index is 11.9. The Hall–Kier alpha value is -1.63. The summed E-state index contributed by atoms with van der Waals surface area (Å²) < 4.78 is 1.65. The fraction of sp³-hybridized carbons (Fsp3) is 0.308. The van der Waals surface area contributed by atoms with Crippen molar-refractivity contribution in [2.45, 2.75) is 13.8 Å². The van der Waals surface area contributed by atoms with Gasteiger partial charge in [0.1, 0.15) is 0 Å². The number of carbonyl (C=O) groups excluding carboxylic acids is 1. The Balaban J connectivity index is 0.00000200. The Morgan fingerprint density at radius 1 is 1.38 bits per heavy atom. The van der Waals surface area contributed by atoms with E-state index in [1.807, 2.05) is 6.07 Å². The van der Waals surface area contributed by atoms with Crippen LogP contribution in [0.15, 0.2) is 36.8 Å². The molecule has 0 saturated carbocycles. The van der Waals surface area contributed by atoms with Crippen molar-refractivity contribution in [2.75, 3.05) is 11.9 Å². The summed E-state index contributed by atoms with van der Waals surface area (Å²) in [6, 6.07) is 5.40. The van der Waals surface area contributed by atoms with Crippen molar-refractivity contribution in [3.63, 3.8) is 0 Å². The van der Waals surface area contributed by atoms with E-state index in [2.05, 4.69) is 15.4 Å². The quantitative estimate of drug-likeness (QED) is 0.897. The highest BCUT2D eigenvalue weighted by molar-refractivity contribution is 5.94. The first-order valence-corrected chi connectivity index (χ1v) is 6.00. The van der Waals surface area contributed by atoms with Gasteiger partial charge in [0.15, 0.2) is 5.82 Å². The zero-order chi connectivity index (χ0) is 13.9. The molecule has 0 aromatic carbocycles. The zero-order valence-corrected chi connectivity index (χ0v) is 13.4. The number of anilines is 1. The zero-order valence-electron chi connectivity index (χ0n) is 11.8. The maximum Gasteiger partial charge on any atom is 0.231 e. The summed E-state index contributed by atoms with van der Waals surface area (Å²) in [7, 11) is 0. The van der Waals surface area contributed by atoms with E-state index in [1.165, 1.54) is 0 Å². The van der Waals surface area contributed by atoms with E-state index in [1.54, 1.807) is 49.3 Å². The number of amides is 1. The van der Waals surface area contributed by atoms with Gasteiger partial charge in [0.2, 0.25) is 5.91 Å². The highest BCUT2D eigenvalue weighted by Gasteiger charge is 2.25. The third-order valence-electron chi connectivity index (χ3n) is 2.87. The lowest BCUT2D eigenvalue weighted by Crippen LogP contribution is -2.37. The SMILES string of the molecule is CC(C)(CN)C(=O)Nc1ccc(-n2cccn2)nc1.Cl.Cl. The molecule has 2 rings (SSSR count). The second-order valence-corrected chi connectivity index (χ2v) is 4.90. The van der Waals surface area contributed by atoms with Crippen LogP contribution in [0.4, 0.5) is 5.69 Å². The minimum absolute atomic E-state index is 0. The normalized spacial score (nSPS) is 10.2. The molecule has 116 valence electrons. The third kappa shape index (κ3) is 4.70. The van der Waals surface area contributed by atoms with Crippen LogP contribution in [0.3, 0.4) is 0 Å². The molecule has 0 atom stereocenters. The van der Waals surface area contributed by atoms with Gasteiger partial charge in [-0.3, -0.25) is 4.79 Å². The van der Waals surface area contributed by atoms with Crippen molar-refractivity contribution in [3.05, 3.63) is 36.8 Å². The summed E-state index contributed by atoms with van der Waals surface area (Å²) in [4.78, 5) is 16.2. The number of nitrogens with zero attached hydrogens (tertiary/aromatic N) is 3. The molecular weight excluding hydrogens is 313 g/mol. The molecule has 6 nitrogen and oxygen atoms in total. The molecule has 0 bridgehead atoms. The predicted octanol–water partition coefficient (Wildman–Crippen LogP) is 2.03. The van der Waals surface area contributed by atoms with Crippen molar-refractivity contribution in [3.8, 4) is 5.82 Å². The van der Waals surface area contributed by atoms with Crippen LogP contribution < -0.4 is 11.1 Å². The molecule has 2 aromatic heterocycles. The molecule has 0 saturated heterocycles. The monoisotopic (exact) mass is 331 g/mol. The van der Waals surface area contributed by atoms with Gasteiger partial charge in [0.05, 0.1) is 17.3 Å². The number of hydrogen-bond acceptors (Lipinski definition) is 4. The van der Waals surface area contributed by atoms with Crippen molar-refractivity contribution in [1.82, 2.24) is 14.8 Å². The number of nitrogens with one attached hydrogen (secondary N) is 1. The third-order valence-corrected chi connectivity index (χ3v) is 2.87. The smallest absolute Gasteiger partial charge is 0.231 e. The van der Waals surface area contributed by atoms with Crippen molar-refractivity contribution in [1.29, 1.82) is 0 Å². The first kappa shape index (κ1) is 19.4. The molecule has 0 fully saturated rings. The summed E-state index contributed by atoms with van der Waals surface area (Å²) >= 11 is 0. The van der Waals surface area contributed by atoms with Crippen LogP contribution in [0.25, 0.3) is 5.82 Å². The number of pyridine rings is 1. The van der Waals surface area contributed by atoms with Gasteiger partial charge in [-0.05, 0) is 32.0 Å². The van der Waals surface area contributed by atoms with Crippen LogP contribution >= 0.6 is 24.8 Å². The Kier molecular flexibility index (Phi) is 7.35. The molecule has 0 aliphatic carbocycles. The molecule has 2 aromatic rings. The van der Waals surface area contributed by atoms with E-state index in [9.17, 15) is 4.79 Å². The summed E-state index contributed by atoms with van der Waals surface area (Å²) in [5, 5.41) is 6.87. The molecular formula is C13H19Cl2N5O. The van der Waals surface area contributed by atoms with Gasteiger partial charge in [-0.15, -0.1) is 24.8 Å². The van der Waals surface area contributed by atoms with Gasteiger partial charge >= 0.3 is 0 Å². The Morgan fingerprint density at radius 3 is 2.57 bits per heavy atom. The highest BCUT2D eigenvalue weighted by atomic mass is 35.5. The van der Waals surface area contributed by atoms with Crippen LogP contribution in [0.5, 0.6) is 0 Å². The van der Waals surface area contributed by atoms with Gasteiger partial charge < -0.3 is 11.1 Å². The molecule has 0 spiro atoms. The summed E-state index contributed by atoms with van der Waals surface area (Å²) in [6.07, 6.45) is 5.08. The lowest BCUT2D eigenvalue weighted by molar-refractivity contribution is -0.123. The van der Waals surface area contributed by atoms with E-state index >= 15 is 0 Å². The second kappa shape index (κ2) is 7.97. The molecule has 2 heterocycles. The Bertz CT molecular complexity index is 554. The van der Waals surface area contributed by atoms with E-state index < -0.39 is 5.41 Å². The molecule has 8 heteroatoms. The first-order chi connectivity index (χ1) is 9.03. The fourth-order valence-corrected chi connectivity index (χ4v) is 1.39. The van der Waals surface area contributed by atoms with Gasteiger partial charge in [-0.1, -0.05) is 0 Å². The number of hydrogen-bond donors (Lipinski definition) is 2. The average Bonchev–Trinajstić information content (AvgIpc) is 2.93. The number of rotatable bonds is 4. The number of carbonyl (C=O) groups is 1. The lowest BCUT2D eigenvalue weighted by Gasteiger charge is -2.21. The molecule has 21 heavy (non-hydrogen) atoms. The highest BCUT2D eigenvalue weighted by Crippen LogP contribution is 2.17. The molecule has 0 unspecified atom stereocenters. The Labute approximate surface area is 135 Å². The minimum atomic E-state index is -0.597. The molecule has 0 aliphatic rings. The number of halogens is 2. The van der Waals surface area contributed by atoms with Crippen molar-refractivity contribution in [2.24, 2.45) is 11.1 Å². The van der Waals surface area contributed by atoms with Gasteiger partial charge in [-0.2, -0.15) is 5.10 Å². The van der Waals surface area contributed by atoms with E-state index in [0.29, 0.717) is 11.5 Å². The van der Waals surface area contributed by atoms with Crippen LogP contribution in [-0.2, 0) is 4.79 Å². The van der Waals surface area contributed by atoms with Crippen molar-refractivity contribution >= 4 is 36.4 Å². The van der Waals surface area contributed by atoms with Crippen LogP contribution in [0.1, 0.15) is 13.8 Å². The van der Waals surface area contributed by atoms with E-state index in [4.69, 9.17) is 5.73 Å². The van der Waals surface area contributed by atoms with Crippen LogP contribution in [0, 0.1) is 5.41 Å². The summed E-state index contributed by atoms with van der Waals surface area (Å²) in [6.45, 7) is 3.89. The molecule has 1 amide bonds. The minimum Gasteiger partial charge on any atom is -0.329 e. The second-order valence-electron chi connectivity index (χ2n) is 4.90. The van der Waals surface area contributed by atoms with Gasteiger partial charge in [0.25, 0.3) is 0 Å². The largest absolute Gasteiger partial charge is 0.329 e. The standard InChI is InChI=1S/C13H17N5O.2ClH/c1-13(2,9-14)12(19)17-10-4-5-11(15-8-10)18-7-3-6-16-18;;/h3-8H,9,14H2,1-2H3,(H,17,19);2*1H. The molecule has 0 aliphatic heterocycles. The van der Waals surface area contributed by atoms with Gasteiger partial charge in [-0.25, -0.2) is 9.67 Å². The molecule has 3 N–H and O–H groups in total. The van der Waals surface area contributed by atoms with Gasteiger partial charge in [0, 0.05) is 18.9 Å². The van der Waals surface area contributed by atoms with Crippen LogP contribution in [-0.4, -0.2) is 27.2 Å². The topological polar surface area (TPSA) is 85.8 Å². The predicted molar refractivity (Wildman–Crippen MR) is 87.3 cm³/mol. The lowest BCUT2D eigenvalue weighted by atomic mass is 9.92. The van der Waals surface area contributed by atoms with Crippen molar-refractivity contribution < 1.29 is 4.79 Å². The van der Waals surface area contributed by atoms with Crippen LogP contribution in [0.2, 0.25) is 0 Å². The number of nitrogens with two attached hydrogens (primary N) is 1. The fourth-order valence-electron chi connectivity index (χ4n) is 1.39. The molecule has 0 radical (unpaired) electrons. The van der Waals surface area contributed by atoms with E-state index in [0.717, 1.165) is 0 Å². The summed E-state index contributed by atoms with van der Waals surface area (Å²) in [5.74, 6) is 0.574. The average molecular weight is 332 g/mol. The number of aromatic nitrogens is 3.